The van der Waals surface area contributed by atoms with Crippen molar-refractivity contribution in [1.29, 1.82) is 0 Å². The molecule has 0 aliphatic heterocycles. The molecule has 0 aromatic carbocycles. The number of furan rings is 1. The van der Waals surface area contributed by atoms with E-state index in [2.05, 4.69) is 42.8 Å². The number of rotatable bonds is 7. The van der Waals surface area contributed by atoms with E-state index >= 15 is 0 Å². The fourth-order valence-electron chi connectivity index (χ4n) is 1.75. The molecule has 0 aliphatic carbocycles. The molecule has 0 radical (unpaired) electrons. The lowest BCUT2D eigenvalue weighted by atomic mass is 10.3. The molecule has 0 atom stereocenters. The first-order valence-corrected chi connectivity index (χ1v) is 8.37. The van der Waals surface area contributed by atoms with Gasteiger partial charge in [-0.05, 0) is 36.9 Å². The fourth-order valence-corrected chi connectivity index (χ4v) is 3.12. The average molecular weight is 281 g/mol. The molecule has 2 aromatic heterocycles. The van der Waals surface area contributed by atoms with Gasteiger partial charge in [0.15, 0.2) is 0 Å². The Morgan fingerprint density at radius 1 is 1.11 bits per heavy atom. The molecule has 0 saturated carbocycles. The molecular weight excluding hydrogens is 262 g/mol. The van der Waals surface area contributed by atoms with Gasteiger partial charge in [0.1, 0.15) is 11.5 Å². The number of thiophene rings is 1. The SMILES string of the molecule is CCc1ccc(CNCc2ccc(CSC)o2)s1. The smallest absolute Gasteiger partial charge is 0.118 e. The van der Waals surface area contributed by atoms with Crippen LogP contribution in [0, 0.1) is 0 Å². The van der Waals surface area contributed by atoms with E-state index in [0.29, 0.717) is 0 Å². The van der Waals surface area contributed by atoms with E-state index in [0.717, 1.165) is 36.8 Å². The third-order valence-corrected chi connectivity index (χ3v) is 4.47. The van der Waals surface area contributed by atoms with E-state index in [4.69, 9.17) is 4.42 Å². The Hall–Kier alpha value is -0.710. The van der Waals surface area contributed by atoms with Crippen LogP contribution < -0.4 is 5.32 Å². The minimum absolute atomic E-state index is 0.799. The van der Waals surface area contributed by atoms with Crippen molar-refractivity contribution < 1.29 is 4.42 Å². The van der Waals surface area contributed by atoms with E-state index in [-0.39, 0.29) is 0 Å². The zero-order valence-corrected chi connectivity index (χ0v) is 12.5. The fraction of sp³-hybridized carbons (Fsp3) is 0.429. The maximum Gasteiger partial charge on any atom is 0.118 e. The van der Waals surface area contributed by atoms with Crippen molar-refractivity contribution in [2.24, 2.45) is 0 Å². The van der Waals surface area contributed by atoms with Crippen LogP contribution >= 0.6 is 23.1 Å². The summed E-state index contributed by atoms with van der Waals surface area (Å²) in [4.78, 5) is 2.84. The first kappa shape index (κ1) is 13.7. The largest absolute Gasteiger partial charge is 0.464 e. The predicted octanol–water partition coefficient (Wildman–Crippen LogP) is 4.06. The molecule has 2 aromatic rings. The molecule has 18 heavy (non-hydrogen) atoms. The number of hydrogen-bond acceptors (Lipinski definition) is 4. The van der Waals surface area contributed by atoms with Crippen LogP contribution in [0.25, 0.3) is 0 Å². The lowest BCUT2D eigenvalue weighted by molar-refractivity contribution is 0.460. The van der Waals surface area contributed by atoms with Gasteiger partial charge >= 0.3 is 0 Å². The van der Waals surface area contributed by atoms with Gasteiger partial charge in [0.2, 0.25) is 0 Å². The second-order valence-corrected chi connectivity index (χ2v) is 6.25. The van der Waals surface area contributed by atoms with Crippen molar-refractivity contribution in [3.8, 4) is 0 Å². The summed E-state index contributed by atoms with van der Waals surface area (Å²) in [6.45, 7) is 3.91. The Labute approximate surface area is 117 Å². The number of thioether (sulfide) groups is 1. The van der Waals surface area contributed by atoms with Gasteiger partial charge in [-0.25, -0.2) is 0 Å². The highest BCUT2D eigenvalue weighted by molar-refractivity contribution is 7.97. The molecule has 0 aliphatic rings. The minimum atomic E-state index is 0.799. The van der Waals surface area contributed by atoms with Crippen molar-refractivity contribution in [3.63, 3.8) is 0 Å². The maximum atomic E-state index is 5.71. The topological polar surface area (TPSA) is 25.2 Å². The molecule has 4 heteroatoms. The normalized spacial score (nSPS) is 11.0. The quantitative estimate of drug-likeness (QED) is 0.828. The molecule has 1 N–H and O–H groups in total. The van der Waals surface area contributed by atoms with Crippen LogP contribution in [0.5, 0.6) is 0 Å². The molecule has 0 spiro atoms. The summed E-state index contributed by atoms with van der Waals surface area (Å²) >= 11 is 3.67. The van der Waals surface area contributed by atoms with Crippen molar-refractivity contribution in [2.75, 3.05) is 6.26 Å². The second kappa shape index (κ2) is 7.02. The summed E-state index contributed by atoms with van der Waals surface area (Å²) in [5, 5.41) is 3.42. The van der Waals surface area contributed by atoms with Gasteiger partial charge in [-0.2, -0.15) is 11.8 Å². The molecule has 0 saturated heterocycles. The van der Waals surface area contributed by atoms with Crippen molar-refractivity contribution in [2.45, 2.75) is 32.2 Å². The monoisotopic (exact) mass is 281 g/mol. The molecular formula is C14H19NOS2. The van der Waals surface area contributed by atoms with E-state index < -0.39 is 0 Å². The van der Waals surface area contributed by atoms with Crippen LogP contribution in [0.3, 0.4) is 0 Å². The summed E-state index contributed by atoms with van der Waals surface area (Å²) in [7, 11) is 0. The molecule has 0 amide bonds. The molecule has 2 heterocycles. The first-order chi connectivity index (χ1) is 8.81. The Morgan fingerprint density at radius 3 is 2.61 bits per heavy atom. The minimum Gasteiger partial charge on any atom is -0.464 e. The summed E-state index contributed by atoms with van der Waals surface area (Å²) in [6, 6.07) is 8.54. The van der Waals surface area contributed by atoms with Crippen molar-refractivity contribution >= 4 is 23.1 Å². The van der Waals surface area contributed by atoms with Gasteiger partial charge in [0, 0.05) is 16.3 Å². The average Bonchev–Trinajstić information content (AvgIpc) is 2.99. The van der Waals surface area contributed by atoms with Gasteiger partial charge in [-0.1, -0.05) is 6.92 Å². The zero-order chi connectivity index (χ0) is 12.8. The van der Waals surface area contributed by atoms with E-state index in [1.165, 1.54) is 9.75 Å². The highest BCUT2D eigenvalue weighted by Gasteiger charge is 2.02. The van der Waals surface area contributed by atoms with Crippen LogP contribution in [0.4, 0.5) is 0 Å². The van der Waals surface area contributed by atoms with Crippen LogP contribution in [0.15, 0.2) is 28.7 Å². The van der Waals surface area contributed by atoms with Crippen molar-refractivity contribution in [3.05, 3.63) is 45.5 Å². The molecule has 2 nitrogen and oxygen atoms in total. The van der Waals surface area contributed by atoms with E-state index in [1.54, 1.807) is 11.8 Å². The number of hydrogen-bond donors (Lipinski definition) is 1. The molecule has 0 bridgehead atoms. The second-order valence-electron chi connectivity index (χ2n) is 4.13. The predicted molar refractivity (Wildman–Crippen MR) is 80.2 cm³/mol. The third kappa shape index (κ3) is 3.90. The van der Waals surface area contributed by atoms with Gasteiger partial charge in [-0.3, -0.25) is 0 Å². The molecule has 0 fully saturated rings. The van der Waals surface area contributed by atoms with Gasteiger partial charge < -0.3 is 9.73 Å². The summed E-state index contributed by atoms with van der Waals surface area (Å²) < 4.78 is 5.71. The van der Waals surface area contributed by atoms with Gasteiger partial charge in [-0.15, -0.1) is 11.3 Å². The lowest BCUT2D eigenvalue weighted by Gasteiger charge is -2.00. The highest BCUT2D eigenvalue weighted by Crippen LogP contribution is 2.17. The third-order valence-electron chi connectivity index (χ3n) is 2.67. The van der Waals surface area contributed by atoms with Crippen LogP contribution in [-0.2, 0) is 25.3 Å². The Kier molecular flexibility index (Phi) is 5.35. The zero-order valence-electron chi connectivity index (χ0n) is 10.9. The van der Waals surface area contributed by atoms with Gasteiger partial charge in [0.25, 0.3) is 0 Å². The van der Waals surface area contributed by atoms with E-state index in [9.17, 15) is 0 Å². The Bertz CT molecular complexity index is 476. The number of aryl methyl sites for hydroxylation is 1. The summed E-state index contributed by atoms with van der Waals surface area (Å²) in [5.74, 6) is 3.03. The van der Waals surface area contributed by atoms with Crippen molar-refractivity contribution in [1.82, 2.24) is 5.32 Å². The summed E-state index contributed by atoms with van der Waals surface area (Å²) in [6.07, 6.45) is 3.21. The standard InChI is InChI=1S/C14H19NOS2/c1-3-13-6-7-14(18-13)9-15-8-11-4-5-12(16-11)10-17-2/h4-7,15H,3,8-10H2,1-2H3. The Balaban J connectivity index is 1.77. The van der Waals surface area contributed by atoms with Crippen LogP contribution in [0.2, 0.25) is 0 Å². The van der Waals surface area contributed by atoms with Crippen LogP contribution in [-0.4, -0.2) is 6.26 Å². The molecule has 0 unspecified atom stereocenters. The maximum absolute atomic E-state index is 5.71. The van der Waals surface area contributed by atoms with Gasteiger partial charge in [0.05, 0.1) is 12.3 Å². The van der Waals surface area contributed by atoms with E-state index in [1.807, 2.05) is 11.3 Å². The highest BCUT2D eigenvalue weighted by atomic mass is 32.2. The Morgan fingerprint density at radius 2 is 1.89 bits per heavy atom. The summed E-state index contributed by atoms with van der Waals surface area (Å²) in [5.41, 5.74) is 0. The lowest BCUT2D eigenvalue weighted by Crippen LogP contribution is -2.10. The molecule has 2 rings (SSSR count). The first-order valence-electron chi connectivity index (χ1n) is 6.16. The number of nitrogens with one attached hydrogen (secondary N) is 1. The molecule has 98 valence electrons. The van der Waals surface area contributed by atoms with Crippen LogP contribution in [0.1, 0.15) is 28.2 Å².